The first-order chi connectivity index (χ1) is 8.51. The summed E-state index contributed by atoms with van der Waals surface area (Å²) >= 11 is 16.2. The molecule has 0 saturated carbocycles. The third kappa shape index (κ3) is 2.63. The monoisotopic (exact) mass is 301 g/mol. The van der Waals surface area contributed by atoms with Crippen LogP contribution in [0.5, 0.6) is 5.75 Å². The minimum Gasteiger partial charge on any atom is -0.495 e. The first-order valence-electron chi connectivity index (χ1n) is 4.88. The predicted molar refractivity (Wildman–Crippen MR) is 75.7 cm³/mol. The molecule has 0 aliphatic carbocycles. The van der Waals surface area contributed by atoms with E-state index in [2.05, 4.69) is 22.6 Å². The van der Waals surface area contributed by atoms with Crippen LogP contribution >= 0.6 is 35.8 Å². The Morgan fingerprint density at radius 2 is 1.89 bits per heavy atom. The van der Waals surface area contributed by atoms with Crippen LogP contribution in [0.4, 0.5) is 5.95 Å². The number of aromatic nitrogens is 2. The van der Waals surface area contributed by atoms with Crippen LogP contribution < -0.4 is 10.5 Å². The van der Waals surface area contributed by atoms with Crippen LogP contribution in [0.1, 0.15) is 0 Å². The number of nitrogens with zero attached hydrogens (tertiary/aromatic N) is 2. The summed E-state index contributed by atoms with van der Waals surface area (Å²) < 4.78 is 5.14. The SMILES string of the molecule is COc1cc(-c2cc(S)nc(N)n2)c(Cl)cc1Cl. The molecule has 0 atom stereocenters. The van der Waals surface area contributed by atoms with Gasteiger partial charge in [0.25, 0.3) is 0 Å². The molecule has 1 aromatic heterocycles. The molecular formula is C11H9Cl2N3OS. The highest BCUT2D eigenvalue weighted by molar-refractivity contribution is 7.80. The minimum atomic E-state index is 0.127. The maximum absolute atomic E-state index is 6.13. The number of nitrogen functional groups attached to an aromatic ring is 1. The summed E-state index contributed by atoms with van der Waals surface area (Å²) in [6.07, 6.45) is 0. The lowest BCUT2D eigenvalue weighted by molar-refractivity contribution is 0.415. The Bertz CT molecular complexity index is 587. The van der Waals surface area contributed by atoms with Crippen LogP contribution in [0, 0.1) is 0 Å². The van der Waals surface area contributed by atoms with Gasteiger partial charge >= 0.3 is 0 Å². The molecule has 0 bridgehead atoms. The van der Waals surface area contributed by atoms with E-state index in [1.807, 2.05) is 0 Å². The Morgan fingerprint density at radius 3 is 2.50 bits per heavy atom. The molecule has 2 rings (SSSR count). The van der Waals surface area contributed by atoms with Crippen molar-refractivity contribution in [3.05, 3.63) is 28.2 Å². The number of hydrogen-bond acceptors (Lipinski definition) is 5. The van der Waals surface area contributed by atoms with E-state index in [9.17, 15) is 0 Å². The highest BCUT2D eigenvalue weighted by Crippen LogP contribution is 2.36. The number of rotatable bonds is 2. The predicted octanol–water partition coefficient (Wildman–Crippen LogP) is 3.33. The number of ether oxygens (including phenoxy) is 1. The summed E-state index contributed by atoms with van der Waals surface area (Å²) in [4.78, 5) is 7.98. The van der Waals surface area contributed by atoms with Gasteiger partial charge in [0.05, 0.1) is 27.9 Å². The van der Waals surface area contributed by atoms with Crippen molar-refractivity contribution in [2.45, 2.75) is 5.03 Å². The molecule has 1 heterocycles. The van der Waals surface area contributed by atoms with Crippen molar-refractivity contribution < 1.29 is 4.74 Å². The van der Waals surface area contributed by atoms with Crippen molar-refractivity contribution in [2.24, 2.45) is 0 Å². The van der Waals surface area contributed by atoms with Gasteiger partial charge in [-0.05, 0) is 18.2 Å². The summed E-state index contributed by atoms with van der Waals surface area (Å²) in [7, 11) is 1.53. The first kappa shape index (κ1) is 13.3. The van der Waals surface area contributed by atoms with E-state index < -0.39 is 0 Å². The van der Waals surface area contributed by atoms with Crippen LogP contribution in [-0.2, 0) is 0 Å². The van der Waals surface area contributed by atoms with E-state index >= 15 is 0 Å². The Morgan fingerprint density at radius 1 is 1.17 bits per heavy atom. The van der Waals surface area contributed by atoms with E-state index in [-0.39, 0.29) is 5.95 Å². The smallest absolute Gasteiger partial charge is 0.221 e. The molecule has 0 radical (unpaired) electrons. The summed E-state index contributed by atoms with van der Waals surface area (Å²) in [5.74, 6) is 0.636. The average Bonchev–Trinajstić information content (AvgIpc) is 2.27. The summed E-state index contributed by atoms with van der Waals surface area (Å²) in [5, 5.41) is 1.34. The standard InChI is InChI=1S/C11H9Cl2N3OS/c1-17-9-2-5(6(12)3-7(9)13)8-4-10(18)16-11(14)15-8/h2-4H,1H3,(H3,14,15,16,18). The number of nitrogens with two attached hydrogens (primary N) is 1. The molecule has 94 valence electrons. The Labute approximate surface area is 120 Å². The largest absolute Gasteiger partial charge is 0.495 e. The molecule has 0 amide bonds. The molecule has 2 N–H and O–H groups in total. The van der Waals surface area contributed by atoms with Crippen molar-refractivity contribution in [3.8, 4) is 17.0 Å². The third-order valence-electron chi connectivity index (χ3n) is 2.25. The molecular weight excluding hydrogens is 293 g/mol. The molecule has 0 spiro atoms. The number of methoxy groups -OCH3 is 1. The average molecular weight is 302 g/mol. The van der Waals surface area contributed by atoms with Gasteiger partial charge in [-0.25, -0.2) is 9.97 Å². The maximum atomic E-state index is 6.13. The summed E-state index contributed by atoms with van der Waals surface area (Å²) in [6.45, 7) is 0. The molecule has 2 aromatic rings. The van der Waals surface area contributed by atoms with Gasteiger partial charge in [0.2, 0.25) is 5.95 Å². The van der Waals surface area contributed by atoms with Crippen molar-refractivity contribution in [1.82, 2.24) is 9.97 Å². The number of anilines is 1. The van der Waals surface area contributed by atoms with Crippen LogP contribution in [-0.4, -0.2) is 17.1 Å². The van der Waals surface area contributed by atoms with Crippen molar-refractivity contribution >= 4 is 41.8 Å². The second-order valence-corrected chi connectivity index (χ2v) is 4.71. The Hall–Kier alpha value is -1.17. The third-order valence-corrected chi connectivity index (χ3v) is 3.08. The van der Waals surface area contributed by atoms with Crippen molar-refractivity contribution in [1.29, 1.82) is 0 Å². The number of hydrogen-bond donors (Lipinski definition) is 2. The zero-order chi connectivity index (χ0) is 13.3. The molecule has 18 heavy (non-hydrogen) atoms. The fourth-order valence-electron chi connectivity index (χ4n) is 1.47. The van der Waals surface area contributed by atoms with E-state index in [0.717, 1.165) is 0 Å². The molecule has 7 heteroatoms. The zero-order valence-corrected chi connectivity index (χ0v) is 11.7. The Kier molecular flexibility index (Phi) is 3.85. The second kappa shape index (κ2) is 5.22. The van der Waals surface area contributed by atoms with Gasteiger partial charge in [0.15, 0.2) is 0 Å². The minimum absolute atomic E-state index is 0.127. The number of thiol groups is 1. The first-order valence-corrected chi connectivity index (χ1v) is 6.08. The normalized spacial score (nSPS) is 10.4. The molecule has 0 unspecified atom stereocenters. The van der Waals surface area contributed by atoms with Gasteiger partial charge in [-0.1, -0.05) is 23.2 Å². The molecule has 0 saturated heterocycles. The van der Waals surface area contributed by atoms with E-state index in [4.69, 9.17) is 33.7 Å². The number of halogens is 2. The van der Waals surface area contributed by atoms with Crippen LogP contribution in [0.2, 0.25) is 10.0 Å². The molecule has 4 nitrogen and oxygen atoms in total. The zero-order valence-electron chi connectivity index (χ0n) is 9.32. The van der Waals surface area contributed by atoms with Gasteiger partial charge in [0.1, 0.15) is 5.75 Å². The van der Waals surface area contributed by atoms with Crippen molar-refractivity contribution in [3.63, 3.8) is 0 Å². The van der Waals surface area contributed by atoms with Crippen LogP contribution in [0.25, 0.3) is 11.3 Å². The van der Waals surface area contributed by atoms with Crippen LogP contribution in [0.15, 0.2) is 23.2 Å². The molecule has 0 fully saturated rings. The van der Waals surface area contributed by atoms with Crippen molar-refractivity contribution in [2.75, 3.05) is 12.8 Å². The second-order valence-electron chi connectivity index (χ2n) is 3.44. The lowest BCUT2D eigenvalue weighted by Crippen LogP contribution is -1.97. The summed E-state index contributed by atoms with van der Waals surface area (Å²) in [5.41, 5.74) is 6.79. The molecule has 1 aromatic carbocycles. The highest BCUT2D eigenvalue weighted by atomic mass is 35.5. The maximum Gasteiger partial charge on any atom is 0.221 e. The fourth-order valence-corrected chi connectivity index (χ4v) is 2.25. The highest BCUT2D eigenvalue weighted by Gasteiger charge is 2.12. The van der Waals surface area contributed by atoms with Crippen LogP contribution in [0.3, 0.4) is 0 Å². The lowest BCUT2D eigenvalue weighted by Gasteiger charge is -2.09. The quantitative estimate of drug-likeness (QED) is 0.660. The lowest BCUT2D eigenvalue weighted by atomic mass is 10.1. The van der Waals surface area contributed by atoms with E-state index in [1.54, 1.807) is 18.2 Å². The van der Waals surface area contributed by atoms with Gasteiger partial charge < -0.3 is 10.5 Å². The number of benzene rings is 1. The van der Waals surface area contributed by atoms with Gasteiger partial charge in [-0.3, -0.25) is 0 Å². The Balaban J connectivity index is 2.62. The fraction of sp³-hybridized carbons (Fsp3) is 0.0909. The van der Waals surface area contributed by atoms with E-state index in [0.29, 0.717) is 32.1 Å². The molecule has 0 aliphatic rings. The van der Waals surface area contributed by atoms with Gasteiger partial charge in [-0.15, -0.1) is 12.6 Å². The molecule has 0 aliphatic heterocycles. The van der Waals surface area contributed by atoms with Gasteiger partial charge in [-0.2, -0.15) is 0 Å². The van der Waals surface area contributed by atoms with Gasteiger partial charge in [0, 0.05) is 5.56 Å². The van der Waals surface area contributed by atoms with E-state index in [1.165, 1.54) is 7.11 Å². The summed E-state index contributed by atoms with van der Waals surface area (Å²) in [6, 6.07) is 4.95. The topological polar surface area (TPSA) is 61.0 Å².